The normalized spacial score (nSPS) is 12.0. The summed E-state index contributed by atoms with van der Waals surface area (Å²) in [5.41, 5.74) is 3.29. The summed E-state index contributed by atoms with van der Waals surface area (Å²) in [4.78, 5) is 32.2. The van der Waals surface area contributed by atoms with Crippen LogP contribution in [0.15, 0.2) is 67.4 Å². The van der Waals surface area contributed by atoms with Crippen molar-refractivity contribution in [3.63, 3.8) is 0 Å². The molecule has 2 aromatic heterocycles. The molecule has 0 fully saturated rings. The van der Waals surface area contributed by atoms with Gasteiger partial charge in [-0.3, -0.25) is 4.79 Å². The van der Waals surface area contributed by atoms with Crippen molar-refractivity contribution in [1.82, 2.24) is 19.9 Å². The predicted octanol–water partition coefficient (Wildman–Crippen LogP) is 4.60. The Balaban J connectivity index is 1.66. The molecule has 3 N–H and O–H groups in total. The number of carboxylic acids is 1. The number of aromatic amines is 1. The van der Waals surface area contributed by atoms with E-state index in [2.05, 4.69) is 15.3 Å². The van der Waals surface area contributed by atoms with E-state index in [1.165, 1.54) is 0 Å². The standard InChI is InChI=1S/C26H28N4O3S/c1-34-13-11-24(26(32)33)29-25(31)23-16-30(12-5-8-19-14-27-17-28-19)15-22(23)21-10-4-7-18-6-2-3-9-20(18)21/h2-4,6-7,9-10,14-17,24H,5,8,11-13H2,1H3,(H,27,28)(H,29,31)(H,32,33)/t24-/m0/s1. The van der Waals surface area contributed by atoms with Gasteiger partial charge in [0, 0.05) is 36.4 Å². The average molecular weight is 477 g/mol. The third-order valence-electron chi connectivity index (χ3n) is 5.84. The molecule has 0 radical (unpaired) electrons. The lowest BCUT2D eigenvalue weighted by Gasteiger charge is -2.14. The largest absolute Gasteiger partial charge is 0.480 e. The molecule has 4 aromatic rings. The molecule has 8 heteroatoms. The number of aryl methyl sites for hydroxylation is 2. The van der Waals surface area contributed by atoms with Crippen LogP contribution >= 0.6 is 11.8 Å². The van der Waals surface area contributed by atoms with E-state index in [0.29, 0.717) is 17.7 Å². The number of rotatable bonds is 11. The molecule has 1 atom stereocenters. The van der Waals surface area contributed by atoms with Crippen molar-refractivity contribution in [2.75, 3.05) is 12.0 Å². The van der Waals surface area contributed by atoms with E-state index < -0.39 is 12.0 Å². The molecule has 0 aliphatic rings. The third-order valence-corrected chi connectivity index (χ3v) is 6.48. The van der Waals surface area contributed by atoms with Crippen molar-refractivity contribution in [3.8, 4) is 11.1 Å². The Kier molecular flexibility index (Phi) is 7.69. The second-order valence-electron chi connectivity index (χ2n) is 8.18. The first-order valence-electron chi connectivity index (χ1n) is 11.2. The van der Waals surface area contributed by atoms with E-state index in [4.69, 9.17) is 0 Å². The number of thioether (sulfide) groups is 1. The number of carboxylic acid groups (broad SMARTS) is 1. The Labute approximate surface area is 202 Å². The zero-order valence-corrected chi connectivity index (χ0v) is 19.8. The zero-order valence-electron chi connectivity index (χ0n) is 19.0. The summed E-state index contributed by atoms with van der Waals surface area (Å²) in [5, 5.41) is 14.5. The number of nitrogens with one attached hydrogen (secondary N) is 2. The van der Waals surface area contributed by atoms with Crippen LogP contribution in [0.4, 0.5) is 0 Å². The first-order chi connectivity index (χ1) is 16.6. The van der Waals surface area contributed by atoms with Gasteiger partial charge in [0.1, 0.15) is 6.04 Å². The molecule has 0 aliphatic carbocycles. The van der Waals surface area contributed by atoms with E-state index >= 15 is 0 Å². The highest BCUT2D eigenvalue weighted by Crippen LogP contribution is 2.32. The van der Waals surface area contributed by atoms with Gasteiger partial charge in [0.15, 0.2) is 0 Å². The summed E-state index contributed by atoms with van der Waals surface area (Å²) < 4.78 is 2.01. The fraction of sp³-hybridized carbons (Fsp3) is 0.269. The van der Waals surface area contributed by atoms with Crippen LogP contribution in [0.3, 0.4) is 0 Å². The number of benzene rings is 2. The summed E-state index contributed by atoms with van der Waals surface area (Å²) in [6, 6.07) is 13.2. The molecule has 0 bridgehead atoms. The number of fused-ring (bicyclic) bond motifs is 1. The highest BCUT2D eigenvalue weighted by atomic mass is 32.2. The number of hydrogen-bond acceptors (Lipinski definition) is 4. The van der Waals surface area contributed by atoms with Gasteiger partial charge in [0.05, 0.1) is 11.9 Å². The summed E-state index contributed by atoms with van der Waals surface area (Å²) in [7, 11) is 0. The summed E-state index contributed by atoms with van der Waals surface area (Å²) >= 11 is 1.56. The second-order valence-corrected chi connectivity index (χ2v) is 9.16. The SMILES string of the molecule is CSCC[C@H](NC(=O)c1cn(CCCc2cnc[nH]2)cc1-c1cccc2ccccc12)C(=O)O. The lowest BCUT2D eigenvalue weighted by Crippen LogP contribution is -2.41. The molecule has 7 nitrogen and oxygen atoms in total. The van der Waals surface area contributed by atoms with Gasteiger partial charge in [-0.05, 0) is 47.6 Å². The third kappa shape index (κ3) is 5.51. The molecule has 0 saturated carbocycles. The van der Waals surface area contributed by atoms with Crippen LogP contribution in [0.25, 0.3) is 21.9 Å². The van der Waals surface area contributed by atoms with Gasteiger partial charge in [-0.15, -0.1) is 0 Å². The number of carbonyl (C=O) groups excluding carboxylic acids is 1. The number of aliphatic carboxylic acids is 1. The van der Waals surface area contributed by atoms with E-state index in [9.17, 15) is 14.7 Å². The van der Waals surface area contributed by atoms with Crippen molar-refractivity contribution >= 4 is 34.4 Å². The first-order valence-corrected chi connectivity index (χ1v) is 12.6. The maximum atomic E-state index is 13.3. The number of amides is 1. The minimum Gasteiger partial charge on any atom is -0.480 e. The van der Waals surface area contributed by atoms with Crippen LogP contribution in [0.5, 0.6) is 0 Å². The Bertz CT molecular complexity index is 1260. The fourth-order valence-electron chi connectivity index (χ4n) is 4.10. The van der Waals surface area contributed by atoms with Crippen molar-refractivity contribution in [2.45, 2.75) is 31.8 Å². The van der Waals surface area contributed by atoms with Gasteiger partial charge in [0.2, 0.25) is 0 Å². The Hall–Kier alpha value is -3.52. The molecular weight excluding hydrogens is 448 g/mol. The van der Waals surface area contributed by atoms with Gasteiger partial charge < -0.3 is 20.0 Å². The second kappa shape index (κ2) is 11.1. The quantitative estimate of drug-likeness (QED) is 0.294. The van der Waals surface area contributed by atoms with Crippen LogP contribution in [0, 0.1) is 0 Å². The highest BCUT2D eigenvalue weighted by molar-refractivity contribution is 7.98. The molecule has 0 unspecified atom stereocenters. The van der Waals surface area contributed by atoms with Crippen LogP contribution in [0.2, 0.25) is 0 Å². The topological polar surface area (TPSA) is 100 Å². The molecule has 1 amide bonds. The lowest BCUT2D eigenvalue weighted by molar-refractivity contribution is -0.139. The smallest absolute Gasteiger partial charge is 0.326 e. The number of hydrogen-bond donors (Lipinski definition) is 3. The highest BCUT2D eigenvalue weighted by Gasteiger charge is 2.24. The molecule has 0 aliphatic heterocycles. The first kappa shape index (κ1) is 23.6. The number of aromatic nitrogens is 3. The molecule has 2 heterocycles. The Morgan fingerprint density at radius 2 is 1.97 bits per heavy atom. The minimum atomic E-state index is -1.02. The number of imidazole rings is 1. The Morgan fingerprint density at radius 3 is 2.74 bits per heavy atom. The molecule has 0 saturated heterocycles. The van der Waals surface area contributed by atoms with E-state index in [1.54, 1.807) is 18.1 Å². The van der Waals surface area contributed by atoms with Gasteiger partial charge in [-0.2, -0.15) is 11.8 Å². The molecule has 2 aromatic carbocycles. The minimum absolute atomic E-state index is 0.372. The van der Waals surface area contributed by atoms with Crippen molar-refractivity contribution in [1.29, 1.82) is 0 Å². The van der Waals surface area contributed by atoms with Crippen LogP contribution in [0.1, 0.15) is 28.9 Å². The summed E-state index contributed by atoms with van der Waals surface area (Å²) in [6.07, 6.45) is 11.3. The number of nitrogens with zero attached hydrogens (tertiary/aromatic N) is 2. The van der Waals surface area contributed by atoms with Crippen molar-refractivity contribution in [3.05, 3.63) is 78.6 Å². The average Bonchev–Trinajstić information content (AvgIpc) is 3.51. The van der Waals surface area contributed by atoms with Crippen molar-refractivity contribution < 1.29 is 14.7 Å². The lowest BCUT2D eigenvalue weighted by atomic mass is 9.97. The number of H-pyrrole nitrogens is 1. The molecule has 176 valence electrons. The van der Waals surface area contributed by atoms with Gasteiger partial charge >= 0.3 is 5.97 Å². The maximum Gasteiger partial charge on any atom is 0.326 e. The predicted molar refractivity (Wildman–Crippen MR) is 136 cm³/mol. The zero-order chi connectivity index (χ0) is 23.9. The van der Waals surface area contributed by atoms with Gasteiger partial charge in [-0.25, -0.2) is 9.78 Å². The van der Waals surface area contributed by atoms with Crippen LogP contribution in [-0.2, 0) is 17.8 Å². The van der Waals surface area contributed by atoms with Gasteiger partial charge in [0.25, 0.3) is 5.91 Å². The molecule has 34 heavy (non-hydrogen) atoms. The van der Waals surface area contributed by atoms with Crippen molar-refractivity contribution in [2.24, 2.45) is 0 Å². The van der Waals surface area contributed by atoms with E-state index in [1.807, 2.05) is 71.9 Å². The molecule has 0 spiro atoms. The molecule has 4 rings (SSSR count). The monoisotopic (exact) mass is 476 g/mol. The van der Waals surface area contributed by atoms with Crippen LogP contribution < -0.4 is 5.32 Å². The Morgan fingerprint density at radius 1 is 1.15 bits per heavy atom. The molecular formula is C26H28N4O3S. The maximum absolute atomic E-state index is 13.3. The summed E-state index contributed by atoms with van der Waals surface area (Å²) in [5.74, 6) is -0.737. The fourth-order valence-corrected chi connectivity index (χ4v) is 4.57. The van der Waals surface area contributed by atoms with E-state index in [0.717, 1.165) is 47.0 Å². The summed E-state index contributed by atoms with van der Waals surface area (Å²) in [6.45, 7) is 0.721. The van der Waals surface area contributed by atoms with Gasteiger partial charge in [-0.1, -0.05) is 42.5 Å². The number of carbonyl (C=O) groups is 2. The van der Waals surface area contributed by atoms with Crippen LogP contribution in [-0.4, -0.2) is 49.6 Å². The van der Waals surface area contributed by atoms with E-state index in [-0.39, 0.29) is 5.91 Å².